The van der Waals surface area contributed by atoms with E-state index in [0.29, 0.717) is 11.5 Å². The summed E-state index contributed by atoms with van der Waals surface area (Å²) in [7, 11) is 0. The lowest BCUT2D eigenvalue weighted by Gasteiger charge is -1.98. The molecule has 0 aromatic heterocycles. The summed E-state index contributed by atoms with van der Waals surface area (Å²) in [5.41, 5.74) is 6.04. The molecule has 0 aliphatic rings. The lowest BCUT2D eigenvalue weighted by atomic mass is 10.4. The fourth-order valence-corrected chi connectivity index (χ4v) is 0.582. The maximum absolute atomic E-state index is 10.5. The number of hydrogen-bond acceptors (Lipinski definition) is 4. The van der Waals surface area contributed by atoms with Crippen LogP contribution in [0.4, 0.5) is 0 Å². The number of carbonyl (C=O) groups excluding carboxylic acids is 2. The predicted molar refractivity (Wildman–Crippen MR) is 65.7 cm³/mol. The van der Waals surface area contributed by atoms with Crippen LogP contribution in [0.2, 0.25) is 0 Å². The summed E-state index contributed by atoms with van der Waals surface area (Å²) in [6.45, 7) is 9.49. The van der Waals surface area contributed by atoms with Gasteiger partial charge in [0.2, 0.25) is 5.91 Å². The van der Waals surface area contributed by atoms with Gasteiger partial charge in [-0.15, -0.1) is 0 Å². The van der Waals surface area contributed by atoms with E-state index in [0.717, 1.165) is 0 Å². The van der Waals surface area contributed by atoms with E-state index in [4.69, 9.17) is 5.73 Å². The number of nitrogens with two attached hydrogens (primary N) is 1. The molecule has 0 aromatic rings. The van der Waals surface area contributed by atoms with Gasteiger partial charge in [0.05, 0.1) is 0 Å². The third-order valence-electron chi connectivity index (χ3n) is 1.06. The van der Waals surface area contributed by atoms with Crippen LogP contribution in [0.25, 0.3) is 0 Å². The molecule has 0 heterocycles. The number of carbonyl (C=O) groups is 2. The first kappa shape index (κ1) is 16.5. The first-order valence-electron chi connectivity index (χ1n) is 4.65. The molecule has 0 aliphatic heterocycles. The largest absolute Gasteiger partial charge is 0.384 e. The average Bonchev–Trinajstić information content (AvgIpc) is 2.12. The molecule has 90 valence electrons. The minimum Gasteiger partial charge on any atom is -0.384 e. The summed E-state index contributed by atoms with van der Waals surface area (Å²) in [5.74, 6) is 0.377. The Balaban J connectivity index is 0. The normalized spacial score (nSPS) is 11.0. The second-order valence-electron chi connectivity index (χ2n) is 3.19. The van der Waals surface area contributed by atoms with Crippen LogP contribution >= 0.6 is 0 Å². The van der Waals surface area contributed by atoms with Crippen LogP contribution in [0.5, 0.6) is 0 Å². The smallest absolute Gasteiger partial charge is 0.220 e. The zero-order valence-electron chi connectivity index (χ0n) is 10.2. The van der Waals surface area contributed by atoms with Gasteiger partial charge in [-0.1, -0.05) is 0 Å². The van der Waals surface area contributed by atoms with Crippen molar-refractivity contribution in [2.45, 2.75) is 27.7 Å². The van der Waals surface area contributed by atoms with Crippen LogP contribution in [-0.2, 0) is 9.59 Å². The number of amides is 1. The molecule has 0 saturated heterocycles. The fraction of sp³-hybridized carbons (Fsp3) is 0.364. The molecular formula is C11H19N3O2. The Bertz CT molecular complexity index is 313. The van der Waals surface area contributed by atoms with Gasteiger partial charge in [-0.25, -0.2) is 4.99 Å². The summed E-state index contributed by atoms with van der Waals surface area (Å²) in [6.07, 6.45) is 3.23. The summed E-state index contributed by atoms with van der Waals surface area (Å²) in [6, 6.07) is 0. The highest BCUT2D eigenvalue weighted by Gasteiger charge is 1.89. The predicted octanol–water partition coefficient (Wildman–Crippen LogP) is 1.12. The van der Waals surface area contributed by atoms with Crippen molar-refractivity contribution in [3.05, 3.63) is 23.7 Å². The van der Waals surface area contributed by atoms with Crippen molar-refractivity contribution >= 4 is 18.4 Å². The first-order valence-corrected chi connectivity index (χ1v) is 4.65. The van der Waals surface area contributed by atoms with Crippen LogP contribution in [0.1, 0.15) is 27.7 Å². The molecule has 1 amide bonds. The second kappa shape index (κ2) is 9.64. The Morgan fingerprint density at radius 3 is 1.94 bits per heavy atom. The molecule has 0 radical (unpaired) electrons. The van der Waals surface area contributed by atoms with Crippen LogP contribution in [0.15, 0.2) is 28.7 Å². The zero-order chi connectivity index (χ0) is 13.1. The standard InChI is InChI=1S/C8H13N3O.C3H6O/c1-6(11-7(2)12)4-5-8(9)10-3;1-3(2)4/h4-5H,3,9H2,1-2H3,(H,11,12);1-2H3/b6-4+,8-5-;. The summed E-state index contributed by atoms with van der Waals surface area (Å²) < 4.78 is 0. The first-order chi connectivity index (χ1) is 7.29. The molecule has 0 atom stereocenters. The van der Waals surface area contributed by atoms with Gasteiger partial charge in [-0.05, 0) is 39.6 Å². The van der Waals surface area contributed by atoms with Crippen LogP contribution in [-0.4, -0.2) is 18.4 Å². The quantitative estimate of drug-likeness (QED) is 0.557. The van der Waals surface area contributed by atoms with Crippen molar-refractivity contribution in [3.8, 4) is 0 Å². The Morgan fingerprint density at radius 2 is 1.62 bits per heavy atom. The molecule has 5 nitrogen and oxygen atoms in total. The molecule has 16 heavy (non-hydrogen) atoms. The van der Waals surface area contributed by atoms with E-state index in [1.165, 1.54) is 20.8 Å². The number of nitrogens with zero attached hydrogens (tertiary/aromatic N) is 1. The van der Waals surface area contributed by atoms with E-state index < -0.39 is 0 Å². The highest BCUT2D eigenvalue weighted by Crippen LogP contribution is 1.90. The molecule has 0 saturated carbocycles. The SMILES string of the molecule is C=N/C(N)=C\C=C(/C)NC(C)=O.CC(C)=O. The second-order valence-corrected chi connectivity index (χ2v) is 3.19. The van der Waals surface area contributed by atoms with Crippen molar-refractivity contribution in [2.24, 2.45) is 10.7 Å². The maximum Gasteiger partial charge on any atom is 0.220 e. The molecule has 0 aliphatic carbocycles. The van der Waals surface area contributed by atoms with E-state index >= 15 is 0 Å². The van der Waals surface area contributed by atoms with Gasteiger partial charge in [0.15, 0.2) is 0 Å². The molecule has 5 heteroatoms. The van der Waals surface area contributed by atoms with Crippen molar-refractivity contribution < 1.29 is 9.59 Å². The number of Topliss-reactive ketones (excluding diaryl/α,β-unsaturated/α-hetero) is 1. The highest BCUT2D eigenvalue weighted by molar-refractivity contribution is 5.74. The summed E-state index contributed by atoms with van der Waals surface area (Å²) >= 11 is 0. The average molecular weight is 225 g/mol. The van der Waals surface area contributed by atoms with E-state index in [1.807, 2.05) is 0 Å². The number of ketones is 1. The van der Waals surface area contributed by atoms with E-state index in [9.17, 15) is 9.59 Å². The van der Waals surface area contributed by atoms with E-state index in [1.54, 1.807) is 19.1 Å². The van der Waals surface area contributed by atoms with Gasteiger partial charge in [-0.2, -0.15) is 0 Å². The summed E-state index contributed by atoms with van der Waals surface area (Å²) in [4.78, 5) is 23.4. The zero-order valence-corrected chi connectivity index (χ0v) is 10.2. The van der Waals surface area contributed by atoms with E-state index in [-0.39, 0.29) is 11.7 Å². The minimum absolute atomic E-state index is 0.109. The Morgan fingerprint density at radius 1 is 1.19 bits per heavy atom. The lowest BCUT2D eigenvalue weighted by molar-refractivity contribution is -0.118. The van der Waals surface area contributed by atoms with Crippen LogP contribution < -0.4 is 11.1 Å². The van der Waals surface area contributed by atoms with Crippen LogP contribution in [0, 0.1) is 0 Å². The molecule has 0 unspecified atom stereocenters. The molecular weight excluding hydrogens is 206 g/mol. The molecule has 0 spiro atoms. The summed E-state index contributed by atoms with van der Waals surface area (Å²) in [5, 5.41) is 2.58. The number of rotatable bonds is 3. The van der Waals surface area contributed by atoms with Gasteiger partial charge in [-0.3, -0.25) is 4.79 Å². The lowest BCUT2D eigenvalue weighted by Crippen LogP contribution is -2.16. The van der Waals surface area contributed by atoms with Crippen LogP contribution in [0.3, 0.4) is 0 Å². The van der Waals surface area contributed by atoms with Crippen molar-refractivity contribution in [2.75, 3.05) is 0 Å². The van der Waals surface area contributed by atoms with Gasteiger partial charge in [0.25, 0.3) is 0 Å². The van der Waals surface area contributed by atoms with Crippen molar-refractivity contribution in [1.82, 2.24) is 5.32 Å². The van der Waals surface area contributed by atoms with Gasteiger partial charge < -0.3 is 15.8 Å². The maximum atomic E-state index is 10.5. The molecule has 3 N–H and O–H groups in total. The number of aliphatic imine (C=N–C) groups is 1. The molecule has 0 fully saturated rings. The monoisotopic (exact) mass is 225 g/mol. The van der Waals surface area contributed by atoms with Crippen molar-refractivity contribution in [1.29, 1.82) is 0 Å². The fourth-order valence-electron chi connectivity index (χ4n) is 0.582. The molecule has 0 aromatic carbocycles. The third-order valence-corrected chi connectivity index (χ3v) is 1.06. The Kier molecular flexibility index (Phi) is 9.95. The molecule has 0 rings (SSSR count). The van der Waals surface area contributed by atoms with Gasteiger partial charge in [0, 0.05) is 12.6 Å². The van der Waals surface area contributed by atoms with Crippen molar-refractivity contribution in [3.63, 3.8) is 0 Å². The Labute approximate surface area is 96.1 Å². The molecule has 0 bridgehead atoms. The number of hydrogen-bond donors (Lipinski definition) is 2. The number of nitrogens with one attached hydrogen (secondary N) is 1. The van der Waals surface area contributed by atoms with Gasteiger partial charge in [0.1, 0.15) is 11.6 Å². The highest BCUT2D eigenvalue weighted by atomic mass is 16.1. The van der Waals surface area contributed by atoms with E-state index in [2.05, 4.69) is 17.0 Å². The minimum atomic E-state index is -0.109. The van der Waals surface area contributed by atoms with Gasteiger partial charge >= 0.3 is 0 Å². The third kappa shape index (κ3) is 18.0. The Hall–Kier alpha value is -1.91. The topological polar surface area (TPSA) is 84.5 Å². The number of allylic oxidation sites excluding steroid dienone is 3.